The quantitative estimate of drug-likeness (QED) is 0.576. The molecule has 0 N–H and O–H groups in total. The van der Waals surface area contributed by atoms with Gasteiger partial charge >= 0.3 is 0 Å². The Morgan fingerprint density at radius 1 is 0.862 bits per heavy atom. The zero-order valence-electron chi connectivity index (χ0n) is 16.8. The summed E-state index contributed by atoms with van der Waals surface area (Å²) in [6, 6.07) is 14.3. The first kappa shape index (κ1) is 21.3. The van der Waals surface area contributed by atoms with Crippen LogP contribution in [0.3, 0.4) is 0 Å². The zero-order valence-corrected chi connectivity index (χ0v) is 19.1. The maximum absolute atomic E-state index is 6.58. The van der Waals surface area contributed by atoms with E-state index in [1.807, 2.05) is 30.3 Å². The van der Waals surface area contributed by atoms with Gasteiger partial charge in [0.25, 0.3) is 0 Å². The molecule has 2 aromatic rings. The fourth-order valence-electron chi connectivity index (χ4n) is 4.59. The molecule has 0 spiro atoms. The number of benzene rings is 2. The highest BCUT2D eigenvalue weighted by atomic mass is 35.5. The summed E-state index contributed by atoms with van der Waals surface area (Å²) in [5.41, 5.74) is 2.32. The van der Waals surface area contributed by atoms with Gasteiger partial charge in [-0.05, 0) is 74.8 Å². The van der Waals surface area contributed by atoms with Crippen LogP contribution in [-0.2, 0) is 0 Å². The number of halogens is 3. The molecule has 0 saturated carbocycles. The molecular formula is C23H28Cl3N3. The van der Waals surface area contributed by atoms with Crippen molar-refractivity contribution in [2.45, 2.75) is 18.9 Å². The van der Waals surface area contributed by atoms with Crippen LogP contribution in [0.25, 0.3) is 0 Å². The molecule has 0 amide bonds. The van der Waals surface area contributed by atoms with Crippen LogP contribution in [0.2, 0.25) is 15.1 Å². The molecule has 0 radical (unpaired) electrons. The molecule has 4 rings (SSSR count). The first-order valence-electron chi connectivity index (χ1n) is 10.4. The predicted octanol–water partition coefficient (Wildman–Crippen LogP) is 5.85. The van der Waals surface area contributed by atoms with Crippen molar-refractivity contribution in [1.82, 2.24) is 9.80 Å². The summed E-state index contributed by atoms with van der Waals surface area (Å²) >= 11 is 18.9. The molecule has 2 saturated heterocycles. The van der Waals surface area contributed by atoms with Crippen molar-refractivity contribution >= 4 is 40.5 Å². The van der Waals surface area contributed by atoms with E-state index in [0.29, 0.717) is 10.0 Å². The van der Waals surface area contributed by atoms with Crippen LogP contribution in [0.15, 0.2) is 42.5 Å². The van der Waals surface area contributed by atoms with Crippen LogP contribution in [0.1, 0.15) is 24.4 Å². The van der Waals surface area contributed by atoms with Gasteiger partial charge in [0.15, 0.2) is 0 Å². The molecule has 2 aliphatic rings. The minimum absolute atomic E-state index is 0.242. The van der Waals surface area contributed by atoms with E-state index in [-0.39, 0.29) is 6.04 Å². The minimum atomic E-state index is 0.242. The molecular weight excluding hydrogens is 425 g/mol. The van der Waals surface area contributed by atoms with Gasteiger partial charge in [0.2, 0.25) is 0 Å². The number of hydrogen-bond donors (Lipinski definition) is 0. The molecule has 156 valence electrons. The van der Waals surface area contributed by atoms with E-state index in [1.165, 1.54) is 38.0 Å². The molecule has 29 heavy (non-hydrogen) atoms. The summed E-state index contributed by atoms with van der Waals surface area (Å²) in [6.07, 6.45) is 2.59. The van der Waals surface area contributed by atoms with Crippen molar-refractivity contribution in [3.8, 4) is 0 Å². The highest BCUT2D eigenvalue weighted by molar-refractivity contribution is 6.36. The summed E-state index contributed by atoms with van der Waals surface area (Å²) in [5.74, 6) is 0.794. The van der Waals surface area contributed by atoms with Crippen LogP contribution in [0.4, 0.5) is 5.69 Å². The number of hydrogen-bond acceptors (Lipinski definition) is 3. The Hall–Kier alpha value is -0.970. The average Bonchev–Trinajstić information content (AvgIpc) is 2.71. The highest BCUT2D eigenvalue weighted by Crippen LogP contribution is 2.37. The van der Waals surface area contributed by atoms with Gasteiger partial charge in [-0.1, -0.05) is 46.9 Å². The van der Waals surface area contributed by atoms with E-state index in [0.717, 1.165) is 36.3 Å². The Labute approximate surface area is 189 Å². The standard InChI is InChI=1S/C23H28Cl3N3/c1-27-10-8-17(9-11-27)15-28-12-13-29(22-7-6-20(25)14-21(22)26)23(16-28)18-2-4-19(24)5-3-18/h2-7,14,17,23H,8-13,15-16H2,1H3. The van der Waals surface area contributed by atoms with Gasteiger partial charge in [0.05, 0.1) is 16.8 Å². The van der Waals surface area contributed by atoms with E-state index in [4.69, 9.17) is 34.8 Å². The largest absolute Gasteiger partial charge is 0.361 e. The van der Waals surface area contributed by atoms with Crippen molar-refractivity contribution in [3.05, 3.63) is 63.1 Å². The Bertz CT molecular complexity index is 819. The lowest BCUT2D eigenvalue weighted by atomic mass is 9.95. The highest BCUT2D eigenvalue weighted by Gasteiger charge is 2.31. The van der Waals surface area contributed by atoms with Gasteiger partial charge < -0.3 is 9.80 Å². The third-order valence-electron chi connectivity index (χ3n) is 6.29. The topological polar surface area (TPSA) is 9.72 Å². The molecule has 2 aliphatic heterocycles. The Morgan fingerprint density at radius 2 is 1.55 bits per heavy atom. The zero-order chi connectivity index (χ0) is 20.4. The first-order valence-corrected chi connectivity index (χ1v) is 11.5. The van der Waals surface area contributed by atoms with Gasteiger partial charge in [-0.25, -0.2) is 0 Å². The lowest BCUT2D eigenvalue weighted by Crippen LogP contribution is -2.50. The summed E-state index contributed by atoms with van der Waals surface area (Å²) in [4.78, 5) is 7.50. The number of anilines is 1. The minimum Gasteiger partial charge on any atom is -0.361 e. The molecule has 1 unspecified atom stereocenters. The third kappa shape index (κ3) is 5.21. The second-order valence-corrected chi connectivity index (χ2v) is 9.64. The lowest BCUT2D eigenvalue weighted by Gasteiger charge is -2.45. The smallest absolute Gasteiger partial charge is 0.0670 e. The molecule has 0 aliphatic carbocycles. The van der Waals surface area contributed by atoms with Crippen LogP contribution in [-0.4, -0.2) is 56.1 Å². The van der Waals surface area contributed by atoms with E-state index < -0.39 is 0 Å². The third-order valence-corrected chi connectivity index (χ3v) is 7.08. The van der Waals surface area contributed by atoms with E-state index in [2.05, 4.69) is 33.9 Å². The van der Waals surface area contributed by atoms with Gasteiger partial charge in [-0.2, -0.15) is 0 Å². The summed E-state index contributed by atoms with van der Waals surface area (Å²) in [7, 11) is 2.22. The van der Waals surface area contributed by atoms with Gasteiger partial charge in [0.1, 0.15) is 0 Å². The number of nitrogens with zero attached hydrogens (tertiary/aromatic N) is 3. The maximum atomic E-state index is 6.58. The average molecular weight is 453 g/mol. The second-order valence-electron chi connectivity index (χ2n) is 8.36. The molecule has 1 atom stereocenters. The summed E-state index contributed by atoms with van der Waals surface area (Å²) < 4.78 is 0. The van der Waals surface area contributed by atoms with Gasteiger partial charge in [-0.3, -0.25) is 4.90 Å². The number of piperazine rings is 1. The van der Waals surface area contributed by atoms with Crippen molar-refractivity contribution in [1.29, 1.82) is 0 Å². The number of piperidine rings is 1. The van der Waals surface area contributed by atoms with Crippen LogP contribution in [0, 0.1) is 5.92 Å². The monoisotopic (exact) mass is 451 g/mol. The molecule has 3 nitrogen and oxygen atoms in total. The summed E-state index contributed by atoms with van der Waals surface area (Å²) in [5, 5.41) is 2.15. The first-order chi connectivity index (χ1) is 14.0. The molecule has 2 heterocycles. The van der Waals surface area contributed by atoms with E-state index in [1.54, 1.807) is 0 Å². The molecule has 0 bridgehead atoms. The second kappa shape index (κ2) is 9.45. The SMILES string of the molecule is CN1CCC(CN2CCN(c3ccc(Cl)cc3Cl)C(c3ccc(Cl)cc3)C2)CC1. The molecule has 0 aromatic heterocycles. The van der Waals surface area contributed by atoms with Crippen molar-refractivity contribution in [2.75, 3.05) is 51.2 Å². The van der Waals surface area contributed by atoms with Crippen molar-refractivity contribution in [3.63, 3.8) is 0 Å². The van der Waals surface area contributed by atoms with Crippen molar-refractivity contribution < 1.29 is 0 Å². The molecule has 2 aromatic carbocycles. The van der Waals surface area contributed by atoms with E-state index in [9.17, 15) is 0 Å². The van der Waals surface area contributed by atoms with E-state index >= 15 is 0 Å². The lowest BCUT2D eigenvalue weighted by molar-refractivity contribution is 0.143. The maximum Gasteiger partial charge on any atom is 0.0670 e. The fourth-order valence-corrected chi connectivity index (χ4v) is 5.23. The Morgan fingerprint density at radius 3 is 2.24 bits per heavy atom. The normalized spacial score (nSPS) is 22.2. The predicted molar refractivity (Wildman–Crippen MR) is 125 cm³/mol. The van der Waals surface area contributed by atoms with Crippen LogP contribution in [0.5, 0.6) is 0 Å². The Kier molecular flexibility index (Phi) is 6.93. The molecule has 2 fully saturated rings. The van der Waals surface area contributed by atoms with Crippen LogP contribution < -0.4 is 4.90 Å². The van der Waals surface area contributed by atoms with Gasteiger partial charge in [0, 0.05) is 36.2 Å². The number of likely N-dealkylation sites (tertiary alicyclic amines) is 1. The van der Waals surface area contributed by atoms with Crippen LogP contribution >= 0.6 is 34.8 Å². The Balaban J connectivity index is 1.55. The number of rotatable bonds is 4. The molecule has 6 heteroatoms. The summed E-state index contributed by atoms with van der Waals surface area (Å²) in [6.45, 7) is 6.60. The van der Waals surface area contributed by atoms with Crippen molar-refractivity contribution in [2.24, 2.45) is 5.92 Å². The van der Waals surface area contributed by atoms with Gasteiger partial charge in [-0.15, -0.1) is 0 Å². The fraction of sp³-hybridized carbons (Fsp3) is 0.478.